The number of hydrogen-bond acceptors (Lipinski definition) is 2. The molecule has 2 N–H and O–H groups in total. The fourth-order valence-electron chi connectivity index (χ4n) is 1.58. The molecule has 0 radical (unpaired) electrons. The molecule has 1 aliphatic carbocycles. The van der Waals surface area contributed by atoms with Crippen molar-refractivity contribution >= 4 is 11.9 Å². The van der Waals surface area contributed by atoms with Gasteiger partial charge in [0.15, 0.2) is 0 Å². The number of carbonyl (C=O) groups is 2. The summed E-state index contributed by atoms with van der Waals surface area (Å²) in [7, 11) is 0. The van der Waals surface area contributed by atoms with Crippen LogP contribution >= 0.6 is 0 Å². The van der Waals surface area contributed by atoms with Crippen LogP contribution in [0.15, 0.2) is 24.3 Å². The first-order valence-corrected chi connectivity index (χ1v) is 5.98. The summed E-state index contributed by atoms with van der Waals surface area (Å²) in [5.74, 6) is 2.17. The summed E-state index contributed by atoms with van der Waals surface area (Å²) in [6.07, 6.45) is -4.22. The molecule has 1 aromatic carbocycles. The summed E-state index contributed by atoms with van der Waals surface area (Å²) >= 11 is 0. The second kappa shape index (κ2) is 5.13. The average Bonchev–Trinajstić information content (AvgIpc) is 3.16. The maximum absolute atomic E-state index is 12.2. The van der Waals surface area contributed by atoms with Crippen LogP contribution in [0.5, 0.6) is 0 Å². The third-order valence-electron chi connectivity index (χ3n) is 2.94. The Balaban J connectivity index is 2.08. The van der Waals surface area contributed by atoms with Gasteiger partial charge in [-0.15, -0.1) is 0 Å². The molecule has 1 fully saturated rings. The van der Waals surface area contributed by atoms with Crippen LogP contribution in [0, 0.1) is 11.8 Å². The van der Waals surface area contributed by atoms with E-state index < -0.39 is 23.6 Å². The third kappa shape index (κ3) is 3.75. The van der Waals surface area contributed by atoms with Crippen molar-refractivity contribution in [2.45, 2.75) is 24.6 Å². The van der Waals surface area contributed by atoms with Crippen molar-refractivity contribution in [1.29, 1.82) is 0 Å². The Hall–Kier alpha value is -2.49. The van der Waals surface area contributed by atoms with Crippen LogP contribution in [0.1, 0.15) is 28.8 Å². The molecule has 0 aromatic heterocycles. The van der Waals surface area contributed by atoms with Gasteiger partial charge in [-0.25, -0.2) is 4.79 Å². The van der Waals surface area contributed by atoms with E-state index in [4.69, 9.17) is 5.11 Å². The topological polar surface area (TPSA) is 66.4 Å². The van der Waals surface area contributed by atoms with Gasteiger partial charge in [0.25, 0.3) is 0 Å². The van der Waals surface area contributed by atoms with E-state index in [2.05, 4.69) is 11.8 Å². The highest BCUT2D eigenvalue weighted by Gasteiger charge is 2.49. The van der Waals surface area contributed by atoms with Gasteiger partial charge in [-0.3, -0.25) is 4.79 Å². The predicted molar refractivity (Wildman–Crippen MR) is 66.4 cm³/mol. The molecule has 7 heteroatoms. The third-order valence-corrected chi connectivity index (χ3v) is 2.94. The first-order chi connectivity index (χ1) is 9.72. The standard InChI is InChI=1S/C14H10F3NO3/c15-14(16,17)12(21)18-13(7-8-13)6-5-9-1-3-10(4-2-9)11(19)20/h1-4H,7-8H2,(H,18,21)(H,19,20). The van der Waals surface area contributed by atoms with Gasteiger partial charge in [-0.2, -0.15) is 13.2 Å². The van der Waals surface area contributed by atoms with Gasteiger partial charge in [-0.1, -0.05) is 11.8 Å². The smallest absolute Gasteiger partial charge is 0.471 e. The SMILES string of the molecule is O=C(O)c1ccc(C#CC2(NC(=O)C(F)(F)F)CC2)cc1. The molecular weight excluding hydrogens is 287 g/mol. The average molecular weight is 297 g/mol. The number of alkyl halides is 3. The Morgan fingerprint density at radius 1 is 1.19 bits per heavy atom. The molecule has 110 valence electrons. The van der Waals surface area contributed by atoms with Crippen LogP contribution in [0.4, 0.5) is 13.2 Å². The highest BCUT2D eigenvalue weighted by Crippen LogP contribution is 2.35. The molecule has 4 nitrogen and oxygen atoms in total. The van der Waals surface area contributed by atoms with Crippen molar-refractivity contribution in [2.75, 3.05) is 0 Å². The molecular formula is C14H10F3NO3. The lowest BCUT2D eigenvalue weighted by Gasteiger charge is -2.12. The first kappa shape index (κ1) is 14.9. The monoisotopic (exact) mass is 297 g/mol. The van der Waals surface area contributed by atoms with E-state index >= 15 is 0 Å². The van der Waals surface area contributed by atoms with Gasteiger partial charge in [-0.05, 0) is 37.1 Å². The van der Waals surface area contributed by atoms with Crippen LogP contribution in [0.25, 0.3) is 0 Å². The molecule has 21 heavy (non-hydrogen) atoms. The molecule has 0 saturated heterocycles. The highest BCUT2D eigenvalue weighted by atomic mass is 19.4. The van der Waals surface area contributed by atoms with Gasteiger partial charge >= 0.3 is 18.1 Å². The Morgan fingerprint density at radius 3 is 2.19 bits per heavy atom. The van der Waals surface area contributed by atoms with E-state index in [0.717, 1.165) is 0 Å². The van der Waals surface area contributed by atoms with Crippen molar-refractivity contribution in [3.05, 3.63) is 35.4 Å². The van der Waals surface area contributed by atoms with E-state index in [0.29, 0.717) is 18.4 Å². The molecule has 1 aliphatic rings. The number of carboxylic acids is 1. The van der Waals surface area contributed by atoms with Crippen molar-refractivity contribution < 1.29 is 27.9 Å². The van der Waals surface area contributed by atoms with Crippen LogP contribution in [-0.4, -0.2) is 28.7 Å². The van der Waals surface area contributed by atoms with Crippen LogP contribution < -0.4 is 5.32 Å². The fraction of sp³-hybridized carbons (Fsp3) is 0.286. The van der Waals surface area contributed by atoms with Crippen molar-refractivity contribution in [2.24, 2.45) is 0 Å². The molecule has 1 aromatic rings. The molecule has 0 heterocycles. The number of nitrogens with one attached hydrogen (secondary N) is 1. The Morgan fingerprint density at radius 2 is 1.76 bits per heavy atom. The number of carboxylic acid groups (broad SMARTS) is 1. The highest BCUT2D eigenvalue weighted by molar-refractivity contribution is 5.87. The van der Waals surface area contributed by atoms with Crippen LogP contribution in [0.3, 0.4) is 0 Å². The largest absolute Gasteiger partial charge is 0.478 e. The Labute approximate surface area is 118 Å². The second-order valence-electron chi connectivity index (χ2n) is 4.67. The molecule has 0 aliphatic heterocycles. The Kier molecular flexibility index (Phi) is 3.64. The second-order valence-corrected chi connectivity index (χ2v) is 4.67. The van der Waals surface area contributed by atoms with E-state index in [1.807, 2.05) is 5.32 Å². The summed E-state index contributed by atoms with van der Waals surface area (Å²) in [4.78, 5) is 21.5. The number of hydrogen-bond donors (Lipinski definition) is 2. The summed E-state index contributed by atoms with van der Waals surface area (Å²) in [5, 5.41) is 10.6. The molecule has 0 spiro atoms. The van der Waals surface area contributed by atoms with Gasteiger partial charge in [0, 0.05) is 5.56 Å². The zero-order chi connectivity index (χ0) is 15.7. The molecule has 2 rings (SSSR count). The number of carbonyl (C=O) groups excluding carboxylic acids is 1. The van der Waals surface area contributed by atoms with E-state index in [9.17, 15) is 22.8 Å². The lowest BCUT2D eigenvalue weighted by atomic mass is 10.1. The summed E-state index contributed by atoms with van der Waals surface area (Å²) in [6, 6.07) is 5.61. The van der Waals surface area contributed by atoms with Gasteiger partial charge in [0.1, 0.15) is 5.54 Å². The maximum Gasteiger partial charge on any atom is 0.471 e. The lowest BCUT2D eigenvalue weighted by Crippen LogP contribution is -2.44. The first-order valence-electron chi connectivity index (χ1n) is 5.98. The molecule has 0 unspecified atom stereocenters. The summed E-state index contributed by atoms with van der Waals surface area (Å²) < 4.78 is 36.5. The maximum atomic E-state index is 12.2. The van der Waals surface area contributed by atoms with Gasteiger partial charge in [0.2, 0.25) is 0 Å². The summed E-state index contributed by atoms with van der Waals surface area (Å²) in [5.41, 5.74) is -0.572. The lowest BCUT2D eigenvalue weighted by molar-refractivity contribution is -0.174. The molecule has 0 bridgehead atoms. The van der Waals surface area contributed by atoms with Crippen molar-refractivity contribution in [1.82, 2.24) is 5.32 Å². The van der Waals surface area contributed by atoms with E-state index in [1.165, 1.54) is 24.3 Å². The molecule has 1 saturated carbocycles. The van der Waals surface area contributed by atoms with Crippen molar-refractivity contribution in [3.63, 3.8) is 0 Å². The van der Waals surface area contributed by atoms with Crippen molar-refractivity contribution in [3.8, 4) is 11.8 Å². The number of benzene rings is 1. The normalized spacial score (nSPS) is 15.6. The number of rotatable bonds is 2. The van der Waals surface area contributed by atoms with E-state index in [1.54, 1.807) is 0 Å². The number of amides is 1. The number of aromatic carboxylic acids is 1. The van der Waals surface area contributed by atoms with Crippen LogP contribution in [0.2, 0.25) is 0 Å². The molecule has 0 atom stereocenters. The number of halogens is 3. The minimum absolute atomic E-state index is 0.0899. The molecule has 1 amide bonds. The van der Waals surface area contributed by atoms with E-state index in [-0.39, 0.29) is 5.56 Å². The predicted octanol–water partition coefficient (Wildman–Crippen LogP) is 1.95. The Bertz CT molecular complexity index is 634. The minimum atomic E-state index is -4.93. The quantitative estimate of drug-likeness (QED) is 0.820. The van der Waals surface area contributed by atoms with Gasteiger partial charge < -0.3 is 10.4 Å². The minimum Gasteiger partial charge on any atom is -0.478 e. The fourth-order valence-corrected chi connectivity index (χ4v) is 1.58. The zero-order valence-electron chi connectivity index (χ0n) is 10.6. The zero-order valence-corrected chi connectivity index (χ0v) is 10.6. The summed E-state index contributed by atoms with van der Waals surface area (Å²) in [6.45, 7) is 0. The van der Waals surface area contributed by atoms with Gasteiger partial charge in [0.05, 0.1) is 5.56 Å². The van der Waals surface area contributed by atoms with Crippen LogP contribution in [-0.2, 0) is 4.79 Å².